The summed E-state index contributed by atoms with van der Waals surface area (Å²) in [4.78, 5) is 16.1. The Morgan fingerprint density at radius 2 is 2.00 bits per heavy atom. The summed E-state index contributed by atoms with van der Waals surface area (Å²) in [5, 5.41) is 2.96. The van der Waals surface area contributed by atoms with E-state index in [4.69, 9.17) is 4.74 Å². The highest BCUT2D eigenvalue weighted by atomic mass is 16.5. The first-order valence-electron chi connectivity index (χ1n) is 6.88. The van der Waals surface area contributed by atoms with Crippen molar-refractivity contribution in [3.05, 3.63) is 48.5 Å². The van der Waals surface area contributed by atoms with Crippen LogP contribution in [0.3, 0.4) is 0 Å². The molecule has 0 saturated carbocycles. The zero-order valence-electron chi connectivity index (χ0n) is 12.8. The van der Waals surface area contributed by atoms with Gasteiger partial charge in [-0.15, -0.1) is 0 Å². The van der Waals surface area contributed by atoms with E-state index in [-0.39, 0.29) is 11.9 Å². The summed E-state index contributed by atoms with van der Waals surface area (Å²) in [6.45, 7) is 5.45. The lowest BCUT2D eigenvalue weighted by atomic mass is 10.0. The highest BCUT2D eigenvalue weighted by Gasteiger charge is 2.28. The Hall–Kier alpha value is -2.14. The van der Waals surface area contributed by atoms with Crippen molar-refractivity contribution in [2.24, 2.45) is 0 Å². The van der Waals surface area contributed by atoms with Gasteiger partial charge in [-0.3, -0.25) is 4.79 Å². The lowest BCUT2D eigenvalue weighted by Crippen LogP contribution is -2.44. The molecular weight excluding hydrogens is 266 g/mol. The smallest absolute Gasteiger partial charge is 0.252 e. The number of amides is 1. The number of hydrogen-bond donors (Lipinski definition) is 1. The van der Waals surface area contributed by atoms with Gasteiger partial charge in [0.25, 0.3) is 5.91 Å². The number of methoxy groups -OCH3 is 1. The predicted molar refractivity (Wildman–Crippen MR) is 81.2 cm³/mol. The van der Waals surface area contributed by atoms with Crippen molar-refractivity contribution >= 4 is 5.91 Å². The third-order valence-electron chi connectivity index (χ3n) is 3.60. The molecule has 1 aromatic carbocycles. The van der Waals surface area contributed by atoms with Crippen molar-refractivity contribution < 1.29 is 9.53 Å². The van der Waals surface area contributed by atoms with Gasteiger partial charge in [0.15, 0.2) is 0 Å². The molecule has 0 aliphatic heterocycles. The maximum Gasteiger partial charge on any atom is 0.252 e. The predicted octanol–water partition coefficient (Wildman–Crippen LogP) is 2.47. The molecule has 1 N–H and O–H groups in total. The van der Waals surface area contributed by atoms with Crippen molar-refractivity contribution in [2.75, 3.05) is 7.11 Å². The van der Waals surface area contributed by atoms with Gasteiger partial charge < -0.3 is 14.6 Å². The molecule has 1 amide bonds. The number of hydrogen-bond acceptors (Lipinski definition) is 3. The van der Waals surface area contributed by atoms with Crippen LogP contribution in [-0.2, 0) is 9.53 Å². The Labute approximate surface area is 125 Å². The van der Waals surface area contributed by atoms with Crippen molar-refractivity contribution in [3.8, 4) is 5.69 Å². The van der Waals surface area contributed by atoms with Crippen LogP contribution in [0.4, 0.5) is 0 Å². The fraction of sp³-hybridized carbons (Fsp3) is 0.375. The van der Waals surface area contributed by atoms with Gasteiger partial charge in [0.1, 0.15) is 5.60 Å². The summed E-state index contributed by atoms with van der Waals surface area (Å²) in [5.74, 6) is -0.129. The molecule has 2 aromatic rings. The molecule has 21 heavy (non-hydrogen) atoms. The topological polar surface area (TPSA) is 56.1 Å². The number of aromatic nitrogens is 2. The van der Waals surface area contributed by atoms with Gasteiger partial charge in [-0.05, 0) is 38.5 Å². The fourth-order valence-electron chi connectivity index (χ4n) is 1.89. The van der Waals surface area contributed by atoms with Crippen LogP contribution in [0.1, 0.15) is 32.4 Å². The second-order valence-electron chi connectivity index (χ2n) is 5.47. The molecule has 5 heteroatoms. The van der Waals surface area contributed by atoms with Crippen LogP contribution in [0, 0.1) is 0 Å². The molecule has 1 heterocycles. The molecule has 0 aliphatic carbocycles. The number of nitrogens with one attached hydrogen (secondary N) is 1. The zero-order chi connectivity index (χ0) is 15.5. The second kappa shape index (κ2) is 6.10. The SMILES string of the molecule is COC(C)(C)C(=O)N[C@@H](C)c1ccc(-n2ccnc2)cc1. The first-order valence-corrected chi connectivity index (χ1v) is 6.88. The molecule has 0 bridgehead atoms. The summed E-state index contributed by atoms with van der Waals surface area (Å²) in [6.07, 6.45) is 5.38. The normalized spacial score (nSPS) is 13.0. The Morgan fingerprint density at radius 3 is 2.52 bits per heavy atom. The average Bonchev–Trinajstić information content (AvgIpc) is 3.01. The lowest BCUT2D eigenvalue weighted by molar-refractivity contribution is -0.140. The van der Waals surface area contributed by atoms with E-state index >= 15 is 0 Å². The van der Waals surface area contributed by atoms with Gasteiger partial charge in [0.05, 0.1) is 12.4 Å². The Morgan fingerprint density at radius 1 is 1.33 bits per heavy atom. The van der Waals surface area contributed by atoms with Crippen LogP contribution < -0.4 is 5.32 Å². The number of nitrogens with zero attached hydrogens (tertiary/aromatic N) is 2. The highest BCUT2D eigenvalue weighted by molar-refractivity contribution is 5.84. The minimum absolute atomic E-state index is 0.0798. The maximum atomic E-state index is 12.1. The quantitative estimate of drug-likeness (QED) is 0.919. The second-order valence-corrected chi connectivity index (χ2v) is 5.47. The van der Waals surface area contributed by atoms with Crippen LogP contribution in [0.25, 0.3) is 5.69 Å². The monoisotopic (exact) mass is 287 g/mol. The van der Waals surface area contributed by atoms with Crippen molar-refractivity contribution in [1.29, 1.82) is 0 Å². The third kappa shape index (κ3) is 3.49. The molecule has 0 fully saturated rings. The number of imidazole rings is 1. The van der Waals surface area contributed by atoms with Crippen LogP contribution in [-0.4, -0.2) is 28.2 Å². The van der Waals surface area contributed by atoms with E-state index in [1.807, 2.05) is 42.0 Å². The molecule has 0 aliphatic rings. The summed E-state index contributed by atoms with van der Waals surface area (Å²) in [7, 11) is 1.53. The summed E-state index contributed by atoms with van der Waals surface area (Å²) >= 11 is 0. The molecule has 1 atom stereocenters. The molecule has 112 valence electrons. The van der Waals surface area contributed by atoms with Gasteiger partial charge in [0, 0.05) is 25.2 Å². The van der Waals surface area contributed by atoms with Crippen LogP contribution in [0.2, 0.25) is 0 Å². The number of carbonyl (C=O) groups excluding carboxylic acids is 1. The molecule has 1 aromatic heterocycles. The number of carbonyl (C=O) groups is 1. The summed E-state index contributed by atoms with van der Waals surface area (Å²) < 4.78 is 7.11. The Kier molecular flexibility index (Phi) is 4.43. The Bertz CT molecular complexity index is 588. The summed E-state index contributed by atoms with van der Waals surface area (Å²) in [5.41, 5.74) is 1.25. The molecule has 0 spiro atoms. The first-order chi connectivity index (χ1) is 9.94. The fourth-order valence-corrected chi connectivity index (χ4v) is 1.89. The van der Waals surface area contributed by atoms with E-state index in [2.05, 4.69) is 10.3 Å². The molecule has 2 rings (SSSR count). The zero-order valence-corrected chi connectivity index (χ0v) is 12.8. The van der Waals surface area contributed by atoms with Crippen LogP contribution >= 0.6 is 0 Å². The van der Waals surface area contributed by atoms with E-state index in [0.717, 1.165) is 11.3 Å². The highest BCUT2D eigenvalue weighted by Crippen LogP contribution is 2.17. The van der Waals surface area contributed by atoms with E-state index in [1.165, 1.54) is 7.11 Å². The van der Waals surface area contributed by atoms with Gasteiger partial charge in [0.2, 0.25) is 0 Å². The van der Waals surface area contributed by atoms with E-state index < -0.39 is 5.60 Å². The minimum atomic E-state index is -0.828. The van der Waals surface area contributed by atoms with E-state index in [0.29, 0.717) is 0 Å². The van der Waals surface area contributed by atoms with Crippen LogP contribution in [0.15, 0.2) is 43.0 Å². The average molecular weight is 287 g/mol. The number of rotatable bonds is 5. The van der Waals surface area contributed by atoms with Gasteiger partial charge in [-0.25, -0.2) is 4.98 Å². The Balaban J connectivity index is 2.07. The summed E-state index contributed by atoms with van der Waals surface area (Å²) in [6, 6.07) is 7.92. The van der Waals surface area contributed by atoms with Crippen molar-refractivity contribution in [1.82, 2.24) is 14.9 Å². The van der Waals surface area contributed by atoms with E-state index in [1.54, 1.807) is 26.4 Å². The van der Waals surface area contributed by atoms with E-state index in [9.17, 15) is 4.79 Å². The third-order valence-corrected chi connectivity index (χ3v) is 3.60. The molecule has 5 nitrogen and oxygen atoms in total. The van der Waals surface area contributed by atoms with Crippen molar-refractivity contribution in [3.63, 3.8) is 0 Å². The standard InChI is InChI=1S/C16H21N3O2/c1-12(18-15(20)16(2,3)21-4)13-5-7-14(8-6-13)19-10-9-17-11-19/h5-12H,1-4H3,(H,18,20)/t12-/m0/s1. The van der Waals surface area contributed by atoms with Crippen LogP contribution in [0.5, 0.6) is 0 Å². The molecule has 0 unspecified atom stereocenters. The van der Waals surface area contributed by atoms with Gasteiger partial charge in [-0.1, -0.05) is 12.1 Å². The van der Waals surface area contributed by atoms with Crippen molar-refractivity contribution in [2.45, 2.75) is 32.4 Å². The molecular formula is C16H21N3O2. The number of ether oxygens (including phenoxy) is 1. The molecule has 0 saturated heterocycles. The van der Waals surface area contributed by atoms with Gasteiger partial charge >= 0.3 is 0 Å². The first kappa shape index (κ1) is 15.3. The maximum absolute atomic E-state index is 12.1. The largest absolute Gasteiger partial charge is 0.369 e. The minimum Gasteiger partial charge on any atom is -0.369 e. The number of benzene rings is 1. The van der Waals surface area contributed by atoms with Gasteiger partial charge in [-0.2, -0.15) is 0 Å². The lowest BCUT2D eigenvalue weighted by Gasteiger charge is -2.24. The molecule has 0 radical (unpaired) electrons.